The Morgan fingerprint density at radius 1 is 1.31 bits per heavy atom. The van der Waals surface area contributed by atoms with Crippen LogP contribution in [-0.4, -0.2) is 23.0 Å². The van der Waals surface area contributed by atoms with Crippen LogP contribution in [0.4, 0.5) is 10.8 Å². The summed E-state index contributed by atoms with van der Waals surface area (Å²) in [5.74, 6) is -1.02. The molecule has 2 saturated heterocycles. The number of para-hydroxylation sites is 1. The lowest BCUT2D eigenvalue weighted by atomic mass is 9.78. The van der Waals surface area contributed by atoms with Crippen molar-refractivity contribution in [2.75, 3.05) is 5.32 Å². The summed E-state index contributed by atoms with van der Waals surface area (Å²) >= 11 is 7.54. The fourth-order valence-electron chi connectivity index (χ4n) is 3.60. The van der Waals surface area contributed by atoms with Gasteiger partial charge < -0.3 is 14.8 Å². The maximum Gasteiger partial charge on any atom is 0.324 e. The van der Waals surface area contributed by atoms with Crippen molar-refractivity contribution in [1.82, 2.24) is 4.98 Å². The first-order chi connectivity index (χ1) is 12.3. The van der Waals surface area contributed by atoms with Gasteiger partial charge in [0.2, 0.25) is 0 Å². The zero-order chi connectivity index (χ0) is 18.5. The van der Waals surface area contributed by atoms with Crippen molar-refractivity contribution in [3.05, 3.63) is 40.4 Å². The smallest absolute Gasteiger partial charge is 0.324 e. The van der Waals surface area contributed by atoms with E-state index in [4.69, 9.17) is 21.1 Å². The van der Waals surface area contributed by atoms with Crippen LogP contribution >= 0.6 is 22.9 Å². The molecule has 0 saturated carbocycles. The predicted molar refractivity (Wildman–Crippen MR) is 97.5 cm³/mol. The number of nitrogens with zero attached hydrogens (tertiary/aromatic N) is 1. The third-order valence-electron chi connectivity index (χ3n) is 4.84. The Bertz CT molecular complexity index is 901. The van der Waals surface area contributed by atoms with E-state index < -0.39 is 23.0 Å². The molecule has 2 aliphatic heterocycles. The minimum atomic E-state index is -1.21. The Labute approximate surface area is 159 Å². The number of rotatable bonds is 3. The lowest BCUT2D eigenvalue weighted by Gasteiger charge is -2.20. The number of hydrogen-bond acceptors (Lipinski definition) is 7. The molecule has 2 aliphatic rings. The molecule has 0 aliphatic carbocycles. The third kappa shape index (κ3) is 2.66. The van der Waals surface area contributed by atoms with Crippen molar-refractivity contribution in [2.45, 2.75) is 38.4 Å². The zero-order valence-electron chi connectivity index (χ0n) is 14.2. The lowest BCUT2D eigenvalue weighted by molar-refractivity contribution is -0.160. The number of carbonyl (C=O) groups excluding carboxylic acids is 2. The Hall–Kier alpha value is -2.12. The number of esters is 2. The van der Waals surface area contributed by atoms with Crippen LogP contribution in [0.5, 0.6) is 0 Å². The van der Waals surface area contributed by atoms with E-state index in [1.165, 1.54) is 11.3 Å². The van der Waals surface area contributed by atoms with E-state index in [1.807, 2.05) is 23.6 Å². The van der Waals surface area contributed by atoms with Crippen molar-refractivity contribution >= 4 is 45.7 Å². The summed E-state index contributed by atoms with van der Waals surface area (Å²) in [5, 5.41) is 6.21. The number of halogens is 1. The van der Waals surface area contributed by atoms with Gasteiger partial charge in [-0.1, -0.05) is 23.7 Å². The van der Waals surface area contributed by atoms with E-state index >= 15 is 0 Å². The Kier molecular flexibility index (Phi) is 3.96. The van der Waals surface area contributed by atoms with Crippen LogP contribution in [0.3, 0.4) is 0 Å². The normalized spacial score (nSPS) is 30.5. The van der Waals surface area contributed by atoms with Gasteiger partial charge in [0, 0.05) is 18.2 Å². The average Bonchev–Trinajstić information content (AvgIpc) is 3.22. The molecule has 0 unspecified atom stereocenters. The second kappa shape index (κ2) is 5.96. The topological polar surface area (TPSA) is 77.5 Å². The summed E-state index contributed by atoms with van der Waals surface area (Å²) in [5.41, 5.74) is -0.825. The molecule has 6 nitrogen and oxygen atoms in total. The molecule has 3 heterocycles. The summed E-state index contributed by atoms with van der Waals surface area (Å²) in [6.07, 6.45) is 0.289. The summed E-state index contributed by atoms with van der Waals surface area (Å²) in [6.45, 7) is 3.56. The van der Waals surface area contributed by atoms with Crippen LogP contribution in [0.2, 0.25) is 5.02 Å². The number of anilines is 2. The van der Waals surface area contributed by atoms with Gasteiger partial charge in [-0.05, 0) is 26.0 Å². The molecule has 4 rings (SSSR count). The van der Waals surface area contributed by atoms with Gasteiger partial charge in [-0.25, -0.2) is 4.98 Å². The average molecular weight is 393 g/mol. The van der Waals surface area contributed by atoms with Gasteiger partial charge in [0.15, 0.2) is 16.1 Å². The van der Waals surface area contributed by atoms with Gasteiger partial charge in [-0.15, -0.1) is 11.3 Å². The molecule has 0 bridgehead atoms. The van der Waals surface area contributed by atoms with E-state index in [0.717, 1.165) is 5.69 Å². The monoisotopic (exact) mass is 392 g/mol. The highest BCUT2D eigenvalue weighted by atomic mass is 35.5. The Morgan fingerprint density at radius 2 is 2.08 bits per heavy atom. The molecule has 2 aromatic rings. The van der Waals surface area contributed by atoms with Gasteiger partial charge in [0.05, 0.1) is 16.4 Å². The first-order valence-electron chi connectivity index (χ1n) is 8.24. The number of ether oxygens (including phenoxy) is 2. The fourth-order valence-corrected chi connectivity index (χ4v) is 4.63. The maximum atomic E-state index is 12.5. The predicted octanol–water partition coefficient (Wildman–Crippen LogP) is 4.02. The van der Waals surface area contributed by atoms with E-state index in [-0.39, 0.29) is 12.5 Å². The highest BCUT2D eigenvalue weighted by Crippen LogP contribution is 2.52. The highest BCUT2D eigenvalue weighted by Gasteiger charge is 2.65. The fraction of sp³-hybridized carbons (Fsp3) is 0.389. The number of thiazole rings is 1. The van der Waals surface area contributed by atoms with Gasteiger partial charge >= 0.3 is 11.9 Å². The number of hydrogen-bond donors (Lipinski definition) is 1. The van der Waals surface area contributed by atoms with Crippen LogP contribution < -0.4 is 5.32 Å². The van der Waals surface area contributed by atoms with E-state index in [9.17, 15) is 9.59 Å². The number of cyclic esters (lactones) is 2. The van der Waals surface area contributed by atoms with Gasteiger partial charge in [-0.2, -0.15) is 0 Å². The molecule has 8 heteroatoms. The molecular weight excluding hydrogens is 376 g/mol. The second-order valence-electron chi connectivity index (χ2n) is 6.94. The molecule has 136 valence electrons. The highest BCUT2D eigenvalue weighted by molar-refractivity contribution is 7.13. The standard InChI is InChI=1S/C18H17ClN2O4S/c1-10-7-18(14(22)24-10)9-17(2,25-15(18)23)13-8-26-16(21-13)20-12-6-4-3-5-11(12)19/h3-6,8,10H,7,9H2,1-2H3,(H,20,21)/t10-,17-,18+/m0/s1. The van der Waals surface area contributed by atoms with Crippen LogP contribution in [0, 0.1) is 5.41 Å². The summed E-state index contributed by atoms with van der Waals surface area (Å²) in [4.78, 5) is 29.3. The van der Waals surface area contributed by atoms with Gasteiger partial charge in [0.25, 0.3) is 0 Å². The van der Waals surface area contributed by atoms with Gasteiger partial charge in [-0.3, -0.25) is 9.59 Å². The first-order valence-corrected chi connectivity index (χ1v) is 9.50. The summed E-state index contributed by atoms with van der Waals surface area (Å²) in [7, 11) is 0. The molecule has 2 fully saturated rings. The molecule has 0 radical (unpaired) electrons. The van der Waals surface area contributed by atoms with Crippen molar-refractivity contribution < 1.29 is 19.1 Å². The SMILES string of the molecule is C[C@H]1C[C@@]2(C[C@@](C)(c3csc(Nc4ccccc4Cl)n3)OC2=O)C(=O)O1. The van der Waals surface area contributed by atoms with Gasteiger partial charge in [0.1, 0.15) is 6.10 Å². The molecular formula is C18H17ClN2O4S. The second-order valence-corrected chi connectivity index (χ2v) is 8.21. The Morgan fingerprint density at radius 3 is 2.77 bits per heavy atom. The first kappa shape index (κ1) is 17.3. The van der Waals surface area contributed by atoms with E-state index in [2.05, 4.69) is 10.3 Å². The van der Waals surface area contributed by atoms with E-state index in [0.29, 0.717) is 22.3 Å². The van der Waals surface area contributed by atoms with Crippen LogP contribution in [0.25, 0.3) is 0 Å². The molecule has 1 spiro atoms. The van der Waals surface area contributed by atoms with Crippen LogP contribution in [-0.2, 0) is 24.7 Å². The van der Waals surface area contributed by atoms with Crippen molar-refractivity contribution in [2.24, 2.45) is 5.41 Å². The zero-order valence-corrected chi connectivity index (χ0v) is 15.8. The molecule has 1 aromatic carbocycles. The van der Waals surface area contributed by atoms with Crippen LogP contribution in [0.1, 0.15) is 32.4 Å². The number of benzene rings is 1. The van der Waals surface area contributed by atoms with Crippen LogP contribution in [0.15, 0.2) is 29.6 Å². The quantitative estimate of drug-likeness (QED) is 0.627. The largest absolute Gasteiger partial charge is 0.462 e. The number of nitrogens with one attached hydrogen (secondary N) is 1. The third-order valence-corrected chi connectivity index (χ3v) is 5.93. The Balaban J connectivity index is 1.59. The molecule has 1 N–H and O–H groups in total. The van der Waals surface area contributed by atoms with Crippen molar-refractivity contribution in [1.29, 1.82) is 0 Å². The minimum absolute atomic E-state index is 0.233. The summed E-state index contributed by atoms with van der Waals surface area (Å²) in [6, 6.07) is 7.36. The van der Waals surface area contributed by atoms with Crippen molar-refractivity contribution in [3.63, 3.8) is 0 Å². The lowest BCUT2D eigenvalue weighted by Crippen LogP contribution is -2.31. The van der Waals surface area contributed by atoms with Crippen molar-refractivity contribution in [3.8, 4) is 0 Å². The molecule has 26 heavy (non-hydrogen) atoms. The molecule has 3 atom stereocenters. The number of carbonyl (C=O) groups is 2. The molecule has 1 aromatic heterocycles. The summed E-state index contributed by atoms with van der Waals surface area (Å²) < 4.78 is 10.8. The molecule has 0 amide bonds. The van der Waals surface area contributed by atoms with E-state index in [1.54, 1.807) is 19.9 Å². The maximum absolute atomic E-state index is 12.5. The minimum Gasteiger partial charge on any atom is -0.462 e. The number of aromatic nitrogens is 1.